The van der Waals surface area contributed by atoms with Crippen molar-refractivity contribution in [1.82, 2.24) is 9.55 Å². The Kier molecular flexibility index (Phi) is 3.86. The predicted molar refractivity (Wildman–Crippen MR) is 56.3 cm³/mol. The molecule has 0 saturated carbocycles. The van der Waals surface area contributed by atoms with Crippen molar-refractivity contribution >= 4 is 5.78 Å². The average molecular weight is 194 g/mol. The molecule has 3 nitrogen and oxygen atoms in total. The molecule has 14 heavy (non-hydrogen) atoms. The van der Waals surface area contributed by atoms with Crippen LogP contribution in [0.1, 0.15) is 44.2 Å². The largest absolute Gasteiger partial charge is 0.329 e. The average Bonchev–Trinajstić information content (AvgIpc) is 2.67. The molecular formula is C11H18N2O. The fraction of sp³-hybridized carbons (Fsp3) is 0.636. The molecule has 3 heteroatoms. The molecular weight excluding hydrogens is 176 g/mol. The maximum atomic E-state index is 12.0. The Hall–Kier alpha value is -1.12. The summed E-state index contributed by atoms with van der Waals surface area (Å²) in [5.41, 5.74) is 0. The summed E-state index contributed by atoms with van der Waals surface area (Å²) in [5.74, 6) is 0.922. The summed E-state index contributed by atoms with van der Waals surface area (Å²) in [4.78, 5) is 16.1. The third-order valence-corrected chi connectivity index (χ3v) is 2.63. The Bertz CT molecular complexity index is 300. The summed E-state index contributed by atoms with van der Waals surface area (Å²) in [5, 5.41) is 0. The first-order valence-electron chi connectivity index (χ1n) is 5.29. The van der Waals surface area contributed by atoms with E-state index in [-0.39, 0.29) is 11.7 Å². The van der Waals surface area contributed by atoms with Crippen LogP contribution in [-0.2, 0) is 6.54 Å². The van der Waals surface area contributed by atoms with Gasteiger partial charge in [0.25, 0.3) is 0 Å². The van der Waals surface area contributed by atoms with Crippen LogP contribution in [0, 0.1) is 5.92 Å². The van der Waals surface area contributed by atoms with Crippen LogP contribution in [0.2, 0.25) is 0 Å². The molecule has 0 aliphatic carbocycles. The molecule has 0 N–H and O–H groups in total. The van der Waals surface area contributed by atoms with Gasteiger partial charge in [0.15, 0.2) is 5.82 Å². The van der Waals surface area contributed by atoms with E-state index in [1.165, 1.54) is 0 Å². The van der Waals surface area contributed by atoms with Crippen LogP contribution in [0.3, 0.4) is 0 Å². The standard InChI is InChI=1S/C11H18N2O/c1-4-9(5-2)10(14)11-12-7-8-13(11)6-3/h7-9H,4-6H2,1-3H3. The number of imidazole rings is 1. The van der Waals surface area contributed by atoms with Crippen LogP contribution in [0.4, 0.5) is 0 Å². The first kappa shape index (κ1) is 11.0. The zero-order valence-electron chi connectivity index (χ0n) is 9.16. The zero-order chi connectivity index (χ0) is 10.6. The van der Waals surface area contributed by atoms with Gasteiger partial charge in [0, 0.05) is 24.9 Å². The fourth-order valence-corrected chi connectivity index (χ4v) is 1.63. The molecule has 1 heterocycles. The summed E-state index contributed by atoms with van der Waals surface area (Å²) < 4.78 is 1.90. The quantitative estimate of drug-likeness (QED) is 0.675. The van der Waals surface area contributed by atoms with Crippen LogP contribution in [0.5, 0.6) is 0 Å². The number of hydrogen-bond donors (Lipinski definition) is 0. The number of rotatable bonds is 5. The summed E-state index contributed by atoms with van der Waals surface area (Å²) in [6, 6.07) is 0. The van der Waals surface area contributed by atoms with E-state index in [9.17, 15) is 4.79 Å². The minimum absolute atomic E-state index is 0.127. The minimum Gasteiger partial charge on any atom is -0.329 e. The number of carbonyl (C=O) groups excluding carboxylic acids is 1. The van der Waals surface area contributed by atoms with E-state index in [0.29, 0.717) is 5.82 Å². The number of carbonyl (C=O) groups is 1. The summed E-state index contributed by atoms with van der Waals surface area (Å²) in [6.45, 7) is 6.92. The lowest BCUT2D eigenvalue weighted by atomic mass is 9.98. The van der Waals surface area contributed by atoms with Gasteiger partial charge in [-0.05, 0) is 19.8 Å². The molecule has 0 bridgehead atoms. The van der Waals surface area contributed by atoms with Gasteiger partial charge in [-0.15, -0.1) is 0 Å². The predicted octanol–water partition coefficient (Wildman–Crippen LogP) is 2.52. The lowest BCUT2D eigenvalue weighted by molar-refractivity contribution is 0.0898. The molecule has 0 atom stereocenters. The topological polar surface area (TPSA) is 34.9 Å². The Balaban J connectivity index is 2.87. The van der Waals surface area contributed by atoms with Gasteiger partial charge in [-0.2, -0.15) is 0 Å². The van der Waals surface area contributed by atoms with Crippen molar-refractivity contribution in [3.63, 3.8) is 0 Å². The number of hydrogen-bond acceptors (Lipinski definition) is 2. The van der Waals surface area contributed by atoms with Gasteiger partial charge in [-0.3, -0.25) is 4.79 Å². The van der Waals surface area contributed by atoms with Gasteiger partial charge in [0.2, 0.25) is 5.78 Å². The number of aromatic nitrogens is 2. The van der Waals surface area contributed by atoms with Crippen molar-refractivity contribution in [1.29, 1.82) is 0 Å². The highest BCUT2D eigenvalue weighted by molar-refractivity contribution is 5.94. The molecule has 1 rings (SSSR count). The van der Waals surface area contributed by atoms with Gasteiger partial charge in [0.05, 0.1) is 0 Å². The van der Waals surface area contributed by atoms with E-state index in [2.05, 4.69) is 4.98 Å². The third kappa shape index (κ3) is 2.03. The summed E-state index contributed by atoms with van der Waals surface area (Å²) >= 11 is 0. The lowest BCUT2D eigenvalue weighted by Crippen LogP contribution is -2.18. The van der Waals surface area contributed by atoms with Crippen molar-refractivity contribution in [3.05, 3.63) is 18.2 Å². The number of aryl methyl sites for hydroxylation is 1. The monoisotopic (exact) mass is 194 g/mol. The van der Waals surface area contributed by atoms with Crippen molar-refractivity contribution in [2.24, 2.45) is 5.92 Å². The number of Topliss-reactive ketones (excluding diaryl/α,β-unsaturated/α-hetero) is 1. The Morgan fingerprint density at radius 2 is 2.07 bits per heavy atom. The van der Waals surface area contributed by atoms with Gasteiger partial charge < -0.3 is 4.57 Å². The van der Waals surface area contributed by atoms with Crippen LogP contribution in [-0.4, -0.2) is 15.3 Å². The van der Waals surface area contributed by atoms with Crippen molar-refractivity contribution in [2.45, 2.75) is 40.2 Å². The van der Waals surface area contributed by atoms with E-state index in [1.807, 2.05) is 31.5 Å². The lowest BCUT2D eigenvalue weighted by Gasteiger charge is -2.11. The van der Waals surface area contributed by atoms with Crippen LogP contribution >= 0.6 is 0 Å². The van der Waals surface area contributed by atoms with Crippen LogP contribution < -0.4 is 0 Å². The Labute approximate surface area is 85.2 Å². The Morgan fingerprint density at radius 3 is 2.57 bits per heavy atom. The molecule has 1 aromatic heterocycles. The number of ketones is 1. The highest BCUT2D eigenvalue weighted by Crippen LogP contribution is 2.14. The van der Waals surface area contributed by atoms with E-state index in [1.54, 1.807) is 6.20 Å². The molecule has 0 unspecified atom stereocenters. The molecule has 1 aromatic rings. The van der Waals surface area contributed by atoms with Gasteiger partial charge in [-0.1, -0.05) is 13.8 Å². The second-order valence-corrected chi connectivity index (χ2v) is 3.41. The molecule has 0 fully saturated rings. The molecule has 0 saturated heterocycles. The molecule has 0 spiro atoms. The van der Waals surface area contributed by atoms with E-state index < -0.39 is 0 Å². The zero-order valence-corrected chi connectivity index (χ0v) is 9.16. The summed E-state index contributed by atoms with van der Waals surface area (Å²) in [7, 11) is 0. The highest BCUT2D eigenvalue weighted by Gasteiger charge is 2.20. The number of nitrogens with zero attached hydrogens (tertiary/aromatic N) is 2. The van der Waals surface area contributed by atoms with Crippen molar-refractivity contribution in [3.8, 4) is 0 Å². The first-order chi connectivity index (χ1) is 6.74. The van der Waals surface area contributed by atoms with Crippen molar-refractivity contribution < 1.29 is 4.79 Å². The molecule has 78 valence electrons. The fourth-order valence-electron chi connectivity index (χ4n) is 1.63. The van der Waals surface area contributed by atoms with Crippen molar-refractivity contribution in [2.75, 3.05) is 0 Å². The van der Waals surface area contributed by atoms with E-state index >= 15 is 0 Å². The SMILES string of the molecule is CCC(CC)C(=O)c1nccn1CC. The molecule has 0 aliphatic heterocycles. The second-order valence-electron chi connectivity index (χ2n) is 3.41. The van der Waals surface area contributed by atoms with E-state index in [4.69, 9.17) is 0 Å². The normalized spacial score (nSPS) is 10.9. The van der Waals surface area contributed by atoms with E-state index in [0.717, 1.165) is 19.4 Å². The summed E-state index contributed by atoms with van der Waals surface area (Å²) in [6.07, 6.45) is 5.34. The van der Waals surface area contributed by atoms with Gasteiger partial charge in [0.1, 0.15) is 0 Å². The highest BCUT2D eigenvalue weighted by atomic mass is 16.1. The Morgan fingerprint density at radius 1 is 1.43 bits per heavy atom. The molecule has 0 radical (unpaired) electrons. The van der Waals surface area contributed by atoms with Gasteiger partial charge >= 0.3 is 0 Å². The smallest absolute Gasteiger partial charge is 0.201 e. The van der Waals surface area contributed by atoms with Gasteiger partial charge in [-0.25, -0.2) is 4.98 Å². The third-order valence-electron chi connectivity index (χ3n) is 2.63. The van der Waals surface area contributed by atoms with Crippen LogP contribution in [0.25, 0.3) is 0 Å². The first-order valence-corrected chi connectivity index (χ1v) is 5.29. The maximum Gasteiger partial charge on any atom is 0.201 e. The maximum absolute atomic E-state index is 12.0. The minimum atomic E-state index is 0.127. The molecule has 0 aromatic carbocycles. The second kappa shape index (κ2) is 4.94. The molecule has 0 amide bonds. The molecule has 0 aliphatic rings. The van der Waals surface area contributed by atoms with Crippen LogP contribution in [0.15, 0.2) is 12.4 Å².